The Morgan fingerprint density at radius 1 is 0.762 bits per heavy atom. The molecule has 120 valence electrons. The van der Waals surface area contributed by atoms with Crippen LogP contribution in [-0.4, -0.2) is 0 Å². The van der Waals surface area contributed by atoms with Crippen molar-refractivity contribution in [1.29, 1.82) is 0 Å². The highest BCUT2D eigenvalue weighted by Gasteiger charge is 2.01. The zero-order valence-electron chi connectivity index (χ0n) is 14.4. The SMILES string of the molecule is CCCCCCCCCCCCC[n+]1cccc(CC)c1. The molecule has 0 aliphatic carbocycles. The van der Waals surface area contributed by atoms with Crippen molar-refractivity contribution in [3.05, 3.63) is 30.1 Å². The Morgan fingerprint density at radius 3 is 1.90 bits per heavy atom. The summed E-state index contributed by atoms with van der Waals surface area (Å²) in [6, 6.07) is 4.40. The summed E-state index contributed by atoms with van der Waals surface area (Å²) in [6.07, 6.45) is 21.3. The maximum atomic E-state index is 2.35. The average Bonchev–Trinajstić information content (AvgIpc) is 2.53. The average molecular weight is 291 g/mol. The van der Waals surface area contributed by atoms with E-state index < -0.39 is 0 Å². The van der Waals surface area contributed by atoms with Gasteiger partial charge in [-0.05, 0) is 18.9 Å². The molecule has 0 unspecified atom stereocenters. The molecule has 1 aromatic heterocycles. The van der Waals surface area contributed by atoms with Crippen LogP contribution >= 0.6 is 0 Å². The minimum Gasteiger partial charge on any atom is -0.205 e. The summed E-state index contributed by atoms with van der Waals surface area (Å²) < 4.78 is 2.35. The Labute approximate surface area is 132 Å². The fourth-order valence-electron chi connectivity index (χ4n) is 2.88. The number of aromatic nitrogens is 1. The third kappa shape index (κ3) is 9.66. The maximum Gasteiger partial charge on any atom is 0.171 e. The van der Waals surface area contributed by atoms with Gasteiger partial charge in [0.2, 0.25) is 0 Å². The van der Waals surface area contributed by atoms with Crippen LogP contribution in [0.15, 0.2) is 24.5 Å². The number of aryl methyl sites for hydroxylation is 2. The molecule has 21 heavy (non-hydrogen) atoms. The number of unbranched alkanes of at least 4 members (excludes halogenated alkanes) is 10. The minimum atomic E-state index is 1.14. The highest BCUT2D eigenvalue weighted by atomic mass is 14.9. The van der Waals surface area contributed by atoms with E-state index >= 15 is 0 Å². The largest absolute Gasteiger partial charge is 0.205 e. The lowest BCUT2D eigenvalue weighted by molar-refractivity contribution is -0.697. The third-order valence-corrected chi connectivity index (χ3v) is 4.35. The van der Waals surface area contributed by atoms with Gasteiger partial charge in [0.25, 0.3) is 0 Å². The number of hydrogen-bond donors (Lipinski definition) is 0. The zero-order chi connectivity index (χ0) is 15.2. The first kappa shape index (κ1) is 18.2. The van der Waals surface area contributed by atoms with E-state index in [9.17, 15) is 0 Å². The van der Waals surface area contributed by atoms with Crippen molar-refractivity contribution >= 4 is 0 Å². The molecule has 1 nitrogen and oxygen atoms in total. The van der Waals surface area contributed by atoms with Crippen LogP contribution < -0.4 is 4.57 Å². The molecule has 0 bridgehead atoms. The van der Waals surface area contributed by atoms with Gasteiger partial charge in [0.15, 0.2) is 12.4 Å². The topological polar surface area (TPSA) is 3.88 Å². The van der Waals surface area contributed by atoms with E-state index in [1.54, 1.807) is 0 Å². The van der Waals surface area contributed by atoms with Gasteiger partial charge in [0.05, 0.1) is 0 Å². The molecular weight excluding hydrogens is 254 g/mol. The van der Waals surface area contributed by atoms with Gasteiger partial charge in [-0.25, -0.2) is 4.57 Å². The normalized spacial score (nSPS) is 11.0. The van der Waals surface area contributed by atoms with Crippen molar-refractivity contribution in [2.24, 2.45) is 0 Å². The molecule has 0 radical (unpaired) electrons. The summed E-state index contributed by atoms with van der Waals surface area (Å²) in [7, 11) is 0. The van der Waals surface area contributed by atoms with Gasteiger partial charge in [-0.15, -0.1) is 0 Å². The molecule has 0 aliphatic heterocycles. The maximum absolute atomic E-state index is 2.35. The van der Waals surface area contributed by atoms with Gasteiger partial charge in [-0.1, -0.05) is 71.6 Å². The summed E-state index contributed by atoms with van der Waals surface area (Å²) in [5.74, 6) is 0. The van der Waals surface area contributed by atoms with Gasteiger partial charge in [-0.2, -0.15) is 0 Å². The molecule has 0 aromatic carbocycles. The molecule has 0 atom stereocenters. The van der Waals surface area contributed by atoms with Crippen LogP contribution in [0.5, 0.6) is 0 Å². The quantitative estimate of drug-likeness (QED) is 0.317. The molecule has 0 spiro atoms. The fraction of sp³-hybridized carbons (Fsp3) is 0.750. The van der Waals surface area contributed by atoms with Crippen LogP contribution in [0.4, 0.5) is 0 Å². The number of hydrogen-bond acceptors (Lipinski definition) is 0. The van der Waals surface area contributed by atoms with E-state index in [1.165, 1.54) is 82.7 Å². The van der Waals surface area contributed by atoms with Crippen LogP contribution in [0, 0.1) is 0 Å². The van der Waals surface area contributed by atoms with Crippen molar-refractivity contribution in [3.63, 3.8) is 0 Å². The molecule has 1 aromatic rings. The molecule has 0 amide bonds. The van der Waals surface area contributed by atoms with Crippen molar-refractivity contribution in [1.82, 2.24) is 0 Å². The lowest BCUT2D eigenvalue weighted by atomic mass is 10.1. The van der Waals surface area contributed by atoms with Crippen LogP contribution in [0.25, 0.3) is 0 Å². The standard InChI is InChI=1S/C20H36N/c1-3-5-6-7-8-9-10-11-12-13-14-17-21-18-15-16-20(4-2)19-21/h15-16,18-19H,3-14,17H2,1-2H3/q+1. The second-order valence-corrected chi connectivity index (χ2v) is 6.34. The van der Waals surface area contributed by atoms with Crippen LogP contribution in [-0.2, 0) is 13.0 Å². The Hall–Kier alpha value is -0.850. The Balaban J connectivity index is 1.90. The summed E-state index contributed by atoms with van der Waals surface area (Å²) in [5, 5.41) is 0. The second-order valence-electron chi connectivity index (χ2n) is 6.34. The monoisotopic (exact) mass is 290 g/mol. The van der Waals surface area contributed by atoms with Gasteiger partial charge in [0, 0.05) is 18.1 Å². The van der Waals surface area contributed by atoms with Crippen LogP contribution in [0.2, 0.25) is 0 Å². The Bertz CT molecular complexity index is 345. The Morgan fingerprint density at radius 2 is 1.33 bits per heavy atom. The zero-order valence-corrected chi connectivity index (χ0v) is 14.4. The first-order valence-electron chi connectivity index (χ1n) is 9.34. The predicted octanol–water partition coefficient (Wildman–Crippen LogP) is 5.85. The summed E-state index contributed by atoms with van der Waals surface area (Å²) in [5.41, 5.74) is 1.44. The summed E-state index contributed by atoms with van der Waals surface area (Å²) in [6.45, 7) is 5.70. The molecule has 0 fully saturated rings. The molecule has 1 rings (SSSR count). The molecule has 0 N–H and O–H groups in total. The smallest absolute Gasteiger partial charge is 0.171 e. The first-order chi connectivity index (χ1) is 10.4. The lowest BCUT2D eigenvalue weighted by Crippen LogP contribution is -2.33. The van der Waals surface area contributed by atoms with E-state index in [1.807, 2.05) is 0 Å². The molecular formula is C20H36N+. The van der Waals surface area contributed by atoms with Crippen molar-refractivity contribution in [3.8, 4) is 0 Å². The minimum absolute atomic E-state index is 1.14. The van der Waals surface area contributed by atoms with Crippen LogP contribution in [0.1, 0.15) is 90.0 Å². The third-order valence-electron chi connectivity index (χ3n) is 4.35. The molecule has 0 saturated carbocycles. The van der Waals surface area contributed by atoms with Gasteiger partial charge < -0.3 is 0 Å². The number of nitrogens with zero attached hydrogens (tertiary/aromatic N) is 1. The first-order valence-corrected chi connectivity index (χ1v) is 9.34. The van der Waals surface area contributed by atoms with Crippen molar-refractivity contribution in [2.75, 3.05) is 0 Å². The van der Waals surface area contributed by atoms with Crippen LogP contribution in [0.3, 0.4) is 0 Å². The lowest BCUT2D eigenvalue weighted by Gasteiger charge is -2.02. The second kappa shape index (κ2) is 12.9. The van der Waals surface area contributed by atoms with Gasteiger partial charge in [0.1, 0.15) is 6.54 Å². The van der Waals surface area contributed by atoms with E-state index in [0.29, 0.717) is 0 Å². The van der Waals surface area contributed by atoms with E-state index in [2.05, 4.69) is 42.9 Å². The number of rotatable bonds is 13. The van der Waals surface area contributed by atoms with Crippen molar-refractivity contribution in [2.45, 2.75) is 97.4 Å². The molecule has 1 heteroatoms. The van der Waals surface area contributed by atoms with E-state index in [4.69, 9.17) is 0 Å². The molecule has 0 aliphatic rings. The van der Waals surface area contributed by atoms with Crippen molar-refractivity contribution < 1.29 is 4.57 Å². The molecule has 1 heterocycles. The van der Waals surface area contributed by atoms with E-state index in [0.717, 1.165) is 6.42 Å². The summed E-state index contributed by atoms with van der Waals surface area (Å²) >= 11 is 0. The fourth-order valence-corrected chi connectivity index (χ4v) is 2.88. The number of pyridine rings is 1. The highest BCUT2D eigenvalue weighted by molar-refractivity contribution is 5.04. The predicted molar refractivity (Wildman–Crippen MR) is 92.5 cm³/mol. The van der Waals surface area contributed by atoms with Gasteiger partial charge >= 0.3 is 0 Å². The highest BCUT2D eigenvalue weighted by Crippen LogP contribution is 2.11. The van der Waals surface area contributed by atoms with Gasteiger partial charge in [-0.3, -0.25) is 0 Å². The molecule has 0 saturated heterocycles. The Kier molecular flexibility index (Phi) is 11.1. The summed E-state index contributed by atoms with van der Waals surface area (Å²) in [4.78, 5) is 0. The van der Waals surface area contributed by atoms with E-state index in [-0.39, 0.29) is 0 Å².